The van der Waals surface area contributed by atoms with E-state index in [-0.39, 0.29) is 23.2 Å². The van der Waals surface area contributed by atoms with Gasteiger partial charge in [-0.15, -0.1) is 0 Å². The number of amides is 1. The second kappa shape index (κ2) is 8.57. The maximum Gasteiger partial charge on any atom is 0.261 e. The topological polar surface area (TPSA) is 125 Å². The number of nitrogens with two attached hydrogens (primary N) is 1. The predicted octanol–water partition coefficient (Wildman–Crippen LogP) is 2.70. The third-order valence-corrected chi connectivity index (χ3v) is 5.55. The Morgan fingerprint density at radius 1 is 0.897 bits per heavy atom. The van der Waals surface area contributed by atoms with Gasteiger partial charge in [0, 0.05) is 23.4 Å². The molecule has 0 aliphatic rings. The summed E-state index contributed by atoms with van der Waals surface area (Å²) in [6.45, 7) is 0.273. The van der Waals surface area contributed by atoms with E-state index in [0.717, 1.165) is 5.56 Å². The Morgan fingerprint density at radius 2 is 1.55 bits per heavy atom. The Labute approximate surface area is 169 Å². The van der Waals surface area contributed by atoms with Crippen LogP contribution in [0.15, 0.2) is 83.8 Å². The van der Waals surface area contributed by atoms with Crippen LogP contribution in [0.25, 0.3) is 0 Å². The molecule has 0 atom stereocenters. The highest BCUT2D eigenvalue weighted by molar-refractivity contribution is 7.92. The van der Waals surface area contributed by atoms with Crippen LogP contribution in [-0.4, -0.2) is 20.2 Å². The van der Waals surface area contributed by atoms with Gasteiger partial charge in [-0.25, -0.2) is 8.42 Å². The van der Waals surface area contributed by atoms with Crippen LogP contribution in [0.1, 0.15) is 21.5 Å². The van der Waals surface area contributed by atoms with Crippen LogP contribution in [0.2, 0.25) is 0 Å². The molecule has 3 aromatic carbocycles. The van der Waals surface area contributed by atoms with Crippen molar-refractivity contribution in [1.29, 1.82) is 5.41 Å². The van der Waals surface area contributed by atoms with Crippen LogP contribution in [0.3, 0.4) is 0 Å². The van der Waals surface area contributed by atoms with Crippen molar-refractivity contribution >= 4 is 27.5 Å². The molecule has 1 amide bonds. The number of hydrogen-bond donors (Lipinski definition) is 4. The third kappa shape index (κ3) is 5.20. The summed E-state index contributed by atoms with van der Waals surface area (Å²) in [4.78, 5) is 12.5. The van der Waals surface area contributed by atoms with Gasteiger partial charge in [0.1, 0.15) is 5.84 Å². The van der Waals surface area contributed by atoms with Crippen LogP contribution in [-0.2, 0) is 16.6 Å². The molecule has 3 rings (SSSR count). The van der Waals surface area contributed by atoms with E-state index in [4.69, 9.17) is 11.1 Å². The molecule has 8 heteroatoms. The van der Waals surface area contributed by atoms with Gasteiger partial charge < -0.3 is 11.1 Å². The molecule has 5 N–H and O–H groups in total. The van der Waals surface area contributed by atoms with Gasteiger partial charge in [0.15, 0.2) is 0 Å². The number of nitrogens with one attached hydrogen (secondary N) is 3. The minimum atomic E-state index is -3.65. The maximum atomic E-state index is 12.3. The van der Waals surface area contributed by atoms with Crippen molar-refractivity contribution < 1.29 is 13.2 Å². The maximum absolute atomic E-state index is 12.3. The lowest BCUT2D eigenvalue weighted by atomic mass is 10.1. The van der Waals surface area contributed by atoms with Gasteiger partial charge >= 0.3 is 0 Å². The number of carbonyl (C=O) groups excluding carboxylic acids is 1. The molecule has 0 fully saturated rings. The van der Waals surface area contributed by atoms with Gasteiger partial charge in [-0.3, -0.25) is 14.9 Å². The van der Waals surface area contributed by atoms with Gasteiger partial charge in [0.05, 0.1) is 4.90 Å². The highest BCUT2D eigenvalue weighted by atomic mass is 32.2. The molecule has 0 aromatic heterocycles. The number of sulfonamides is 1. The van der Waals surface area contributed by atoms with Crippen LogP contribution in [0.4, 0.5) is 5.69 Å². The Balaban J connectivity index is 1.62. The van der Waals surface area contributed by atoms with Crippen molar-refractivity contribution in [2.45, 2.75) is 11.4 Å². The largest absolute Gasteiger partial charge is 0.384 e. The Hall–Kier alpha value is -3.65. The smallest absolute Gasteiger partial charge is 0.261 e. The van der Waals surface area contributed by atoms with Gasteiger partial charge in [-0.05, 0) is 42.0 Å². The second-order valence-corrected chi connectivity index (χ2v) is 7.98. The van der Waals surface area contributed by atoms with Crippen molar-refractivity contribution in [2.75, 3.05) is 4.72 Å². The summed E-state index contributed by atoms with van der Waals surface area (Å²) in [6.07, 6.45) is 0. The summed E-state index contributed by atoms with van der Waals surface area (Å²) >= 11 is 0. The molecular formula is C21H20N4O3S. The summed E-state index contributed by atoms with van der Waals surface area (Å²) in [5, 5.41) is 10.2. The van der Waals surface area contributed by atoms with Crippen LogP contribution < -0.4 is 15.8 Å². The van der Waals surface area contributed by atoms with E-state index in [2.05, 4.69) is 10.0 Å². The Bertz CT molecular complexity index is 1130. The van der Waals surface area contributed by atoms with Crippen LogP contribution in [0.5, 0.6) is 0 Å². The van der Waals surface area contributed by atoms with E-state index in [1.807, 2.05) is 0 Å². The number of carbonyl (C=O) groups is 1. The van der Waals surface area contributed by atoms with E-state index in [9.17, 15) is 13.2 Å². The molecule has 0 heterocycles. The summed E-state index contributed by atoms with van der Waals surface area (Å²) in [6, 6.07) is 21.4. The van der Waals surface area contributed by atoms with E-state index in [0.29, 0.717) is 16.8 Å². The van der Waals surface area contributed by atoms with Crippen LogP contribution in [0, 0.1) is 5.41 Å². The highest BCUT2D eigenvalue weighted by Gasteiger charge is 2.13. The summed E-state index contributed by atoms with van der Waals surface area (Å²) < 4.78 is 27.2. The van der Waals surface area contributed by atoms with Crippen molar-refractivity contribution in [3.05, 3.63) is 95.6 Å². The van der Waals surface area contributed by atoms with Gasteiger partial charge in [0.2, 0.25) is 0 Å². The monoisotopic (exact) mass is 408 g/mol. The Kier molecular flexibility index (Phi) is 5.94. The quantitative estimate of drug-likeness (QED) is 0.354. The molecule has 0 radical (unpaired) electrons. The average Bonchev–Trinajstić information content (AvgIpc) is 2.73. The molecule has 7 nitrogen and oxygen atoms in total. The number of anilines is 1. The summed E-state index contributed by atoms with van der Waals surface area (Å²) in [5.74, 6) is -0.393. The minimum Gasteiger partial charge on any atom is -0.384 e. The second-order valence-electron chi connectivity index (χ2n) is 6.29. The fourth-order valence-electron chi connectivity index (χ4n) is 2.62. The zero-order chi connectivity index (χ0) is 20.9. The predicted molar refractivity (Wildman–Crippen MR) is 112 cm³/mol. The molecule has 0 unspecified atom stereocenters. The molecule has 0 spiro atoms. The fraction of sp³-hybridized carbons (Fsp3) is 0.0476. The third-order valence-electron chi connectivity index (χ3n) is 4.15. The Morgan fingerprint density at radius 3 is 2.21 bits per heavy atom. The first kappa shape index (κ1) is 20.1. The molecule has 3 aromatic rings. The molecule has 0 bridgehead atoms. The molecule has 0 aliphatic carbocycles. The minimum absolute atomic E-state index is 0.104. The lowest BCUT2D eigenvalue weighted by molar-refractivity contribution is 0.0951. The van der Waals surface area contributed by atoms with Crippen molar-refractivity contribution in [2.24, 2.45) is 5.73 Å². The SMILES string of the molecule is N=C(N)c1cccc(C(=O)NCc2ccc(NS(=O)(=O)c3ccccc3)cc2)c1. The fourth-order valence-corrected chi connectivity index (χ4v) is 3.70. The van der Waals surface area contributed by atoms with Crippen molar-refractivity contribution in [3.63, 3.8) is 0 Å². The normalized spacial score (nSPS) is 10.9. The molecule has 0 aliphatic heterocycles. The first-order chi connectivity index (χ1) is 13.8. The molecule has 0 saturated carbocycles. The lowest BCUT2D eigenvalue weighted by Gasteiger charge is -2.10. The van der Waals surface area contributed by atoms with E-state index in [1.165, 1.54) is 12.1 Å². The first-order valence-electron chi connectivity index (χ1n) is 8.74. The number of benzene rings is 3. The standard InChI is InChI=1S/C21H20N4O3S/c22-20(23)16-5-4-6-17(13-16)21(26)24-14-15-9-11-18(12-10-15)25-29(27,28)19-7-2-1-3-8-19/h1-13,25H,14H2,(H3,22,23)(H,24,26). The number of nitrogen functional groups attached to an aromatic ring is 1. The number of rotatable bonds is 7. The highest BCUT2D eigenvalue weighted by Crippen LogP contribution is 2.16. The molecule has 0 saturated heterocycles. The average molecular weight is 408 g/mol. The molecular weight excluding hydrogens is 388 g/mol. The van der Waals surface area contributed by atoms with E-state index >= 15 is 0 Å². The number of amidine groups is 1. The zero-order valence-electron chi connectivity index (χ0n) is 15.4. The number of hydrogen-bond acceptors (Lipinski definition) is 4. The summed E-state index contributed by atoms with van der Waals surface area (Å²) in [5.41, 5.74) is 7.57. The van der Waals surface area contributed by atoms with Crippen molar-refractivity contribution in [3.8, 4) is 0 Å². The molecule has 29 heavy (non-hydrogen) atoms. The van der Waals surface area contributed by atoms with Gasteiger partial charge in [0.25, 0.3) is 15.9 Å². The lowest BCUT2D eigenvalue weighted by Crippen LogP contribution is -2.23. The van der Waals surface area contributed by atoms with Crippen molar-refractivity contribution in [1.82, 2.24) is 5.32 Å². The van der Waals surface area contributed by atoms with Crippen LogP contribution >= 0.6 is 0 Å². The first-order valence-corrected chi connectivity index (χ1v) is 10.2. The summed E-state index contributed by atoms with van der Waals surface area (Å²) in [7, 11) is -3.65. The van der Waals surface area contributed by atoms with E-state index in [1.54, 1.807) is 66.7 Å². The molecule has 148 valence electrons. The van der Waals surface area contributed by atoms with E-state index < -0.39 is 10.0 Å². The van der Waals surface area contributed by atoms with Gasteiger partial charge in [-0.2, -0.15) is 0 Å². The zero-order valence-corrected chi connectivity index (χ0v) is 16.2. The van der Waals surface area contributed by atoms with Gasteiger partial charge in [-0.1, -0.05) is 42.5 Å².